The van der Waals surface area contributed by atoms with Crippen molar-refractivity contribution in [1.82, 2.24) is 9.32 Å². The fraction of sp³-hybridized carbons (Fsp3) is 0.909. The van der Waals surface area contributed by atoms with Crippen molar-refractivity contribution >= 4 is 28.6 Å². The van der Waals surface area contributed by atoms with E-state index in [9.17, 15) is 4.79 Å². The van der Waals surface area contributed by atoms with Crippen LogP contribution in [-0.4, -0.2) is 46.3 Å². The molecule has 2 rings (SSSR count). The average molecular weight is 265 g/mol. The Labute approximate surface area is 107 Å². The molecule has 1 unspecified atom stereocenters. The van der Waals surface area contributed by atoms with Crippen LogP contribution in [0.15, 0.2) is 0 Å². The van der Waals surface area contributed by atoms with Crippen LogP contribution in [0.1, 0.15) is 32.1 Å². The van der Waals surface area contributed by atoms with Crippen LogP contribution in [0.25, 0.3) is 0 Å². The molecular weight excluding hydrogens is 247 g/mol. The minimum absolute atomic E-state index is 0.0534. The largest absolute Gasteiger partial charge is 0.289 e. The zero-order valence-electron chi connectivity index (χ0n) is 9.37. The van der Waals surface area contributed by atoms with Gasteiger partial charge in [0.1, 0.15) is 0 Å². The molecule has 3 nitrogen and oxygen atoms in total. The van der Waals surface area contributed by atoms with Gasteiger partial charge in [-0.3, -0.25) is 9.69 Å². The predicted octanol–water partition coefficient (Wildman–Crippen LogP) is 2.22. The molecule has 1 atom stereocenters. The second-order valence-corrected chi connectivity index (χ2v) is 5.55. The molecule has 16 heavy (non-hydrogen) atoms. The summed E-state index contributed by atoms with van der Waals surface area (Å²) in [6, 6.07) is 0.435. The fourth-order valence-corrected chi connectivity index (χ4v) is 3.23. The Morgan fingerprint density at radius 2 is 1.75 bits per heavy atom. The van der Waals surface area contributed by atoms with E-state index in [4.69, 9.17) is 23.4 Å². The summed E-state index contributed by atoms with van der Waals surface area (Å²) in [7, 11) is 0. The molecule has 0 aromatic rings. The highest BCUT2D eigenvalue weighted by atomic mass is 35.5. The van der Waals surface area contributed by atoms with E-state index >= 15 is 0 Å². The molecule has 0 bridgehead atoms. The van der Waals surface area contributed by atoms with Gasteiger partial charge in [-0.15, -0.1) is 0 Å². The average Bonchev–Trinajstić information content (AvgIpc) is 2.30. The number of halogens is 2. The topological polar surface area (TPSA) is 23.6 Å². The van der Waals surface area contributed by atoms with E-state index in [1.165, 1.54) is 6.42 Å². The third kappa shape index (κ3) is 2.89. The zero-order valence-corrected chi connectivity index (χ0v) is 10.9. The first-order chi connectivity index (χ1) is 7.68. The van der Waals surface area contributed by atoms with Gasteiger partial charge in [-0.05, 0) is 55.6 Å². The molecule has 0 amide bonds. The van der Waals surface area contributed by atoms with Crippen molar-refractivity contribution in [1.29, 1.82) is 0 Å². The van der Waals surface area contributed by atoms with Gasteiger partial charge in [0, 0.05) is 19.1 Å². The number of piperidine rings is 2. The molecule has 0 spiro atoms. The quantitative estimate of drug-likeness (QED) is 0.565. The van der Waals surface area contributed by atoms with E-state index in [1.807, 2.05) is 4.42 Å². The molecule has 0 saturated carbocycles. The molecule has 0 aliphatic carbocycles. The van der Waals surface area contributed by atoms with E-state index in [0.717, 1.165) is 45.3 Å². The summed E-state index contributed by atoms with van der Waals surface area (Å²) in [6.07, 6.45) is 5.31. The smallest absolute Gasteiger partial charge is 0.238 e. The van der Waals surface area contributed by atoms with Gasteiger partial charge >= 0.3 is 0 Å². The highest BCUT2D eigenvalue weighted by molar-refractivity contribution is 6.64. The van der Waals surface area contributed by atoms with Crippen LogP contribution in [0.3, 0.4) is 0 Å². The van der Waals surface area contributed by atoms with Crippen LogP contribution in [0.4, 0.5) is 0 Å². The Morgan fingerprint density at radius 1 is 1.06 bits per heavy atom. The predicted molar refractivity (Wildman–Crippen MR) is 65.7 cm³/mol. The van der Waals surface area contributed by atoms with Crippen LogP contribution >= 0.6 is 23.4 Å². The number of likely N-dealkylation sites (tertiary alicyclic amines) is 1. The van der Waals surface area contributed by atoms with Gasteiger partial charge in [0.15, 0.2) is 0 Å². The number of nitrogens with zero attached hydrogens (tertiary/aromatic N) is 2. The SMILES string of the molecule is O=C(Cl)C1CCCCN1C1CCN(Cl)CC1. The summed E-state index contributed by atoms with van der Waals surface area (Å²) in [5.41, 5.74) is 0. The molecule has 2 fully saturated rings. The summed E-state index contributed by atoms with van der Waals surface area (Å²) in [5, 5.41) is -0.187. The van der Waals surface area contributed by atoms with Crippen LogP contribution in [0.5, 0.6) is 0 Å². The Kier molecular flexibility index (Phi) is 4.48. The minimum atomic E-state index is -0.187. The normalized spacial score (nSPS) is 30.5. The zero-order chi connectivity index (χ0) is 11.5. The van der Waals surface area contributed by atoms with Crippen molar-refractivity contribution in [2.75, 3.05) is 19.6 Å². The van der Waals surface area contributed by atoms with Crippen molar-refractivity contribution in [3.05, 3.63) is 0 Å². The van der Waals surface area contributed by atoms with Crippen molar-refractivity contribution in [2.45, 2.75) is 44.2 Å². The molecule has 2 aliphatic rings. The Morgan fingerprint density at radius 3 is 2.38 bits per heavy atom. The van der Waals surface area contributed by atoms with Crippen LogP contribution in [-0.2, 0) is 4.79 Å². The summed E-state index contributed by atoms with van der Waals surface area (Å²) in [6.45, 7) is 2.83. The molecule has 2 heterocycles. The maximum absolute atomic E-state index is 11.4. The van der Waals surface area contributed by atoms with Gasteiger partial charge in [-0.25, -0.2) is 4.42 Å². The van der Waals surface area contributed by atoms with E-state index in [1.54, 1.807) is 0 Å². The number of carbonyl (C=O) groups excluding carboxylic acids is 1. The maximum atomic E-state index is 11.4. The summed E-state index contributed by atoms with van der Waals surface area (Å²) in [5.74, 6) is 0. The van der Waals surface area contributed by atoms with E-state index in [-0.39, 0.29) is 11.3 Å². The lowest BCUT2D eigenvalue weighted by Crippen LogP contribution is -2.51. The maximum Gasteiger partial charge on any atom is 0.238 e. The molecule has 5 heteroatoms. The molecule has 2 aliphatic heterocycles. The highest BCUT2D eigenvalue weighted by Crippen LogP contribution is 2.26. The van der Waals surface area contributed by atoms with Gasteiger partial charge in [0.05, 0.1) is 6.04 Å². The molecule has 0 radical (unpaired) electrons. The Bertz CT molecular complexity index is 254. The second-order valence-electron chi connectivity index (χ2n) is 4.69. The standard InChI is InChI=1S/C11H18Cl2N2O/c12-11(16)10-3-1-2-6-15(10)9-4-7-14(13)8-5-9/h9-10H,1-8H2. The highest BCUT2D eigenvalue weighted by Gasteiger charge is 2.33. The number of carbonyl (C=O) groups is 1. The first-order valence-corrected chi connectivity index (χ1v) is 6.76. The first kappa shape index (κ1) is 12.6. The van der Waals surface area contributed by atoms with Crippen molar-refractivity contribution < 1.29 is 4.79 Å². The van der Waals surface area contributed by atoms with Crippen molar-refractivity contribution in [3.8, 4) is 0 Å². The molecule has 0 aromatic carbocycles. The van der Waals surface area contributed by atoms with Gasteiger partial charge < -0.3 is 0 Å². The van der Waals surface area contributed by atoms with E-state index in [2.05, 4.69) is 4.90 Å². The third-order valence-electron chi connectivity index (χ3n) is 3.69. The lowest BCUT2D eigenvalue weighted by molar-refractivity contribution is -0.119. The Balaban J connectivity index is 1.97. The van der Waals surface area contributed by atoms with Crippen LogP contribution in [0.2, 0.25) is 0 Å². The molecule has 92 valence electrons. The summed E-state index contributed by atoms with van der Waals surface area (Å²) >= 11 is 11.6. The molecular formula is C11H18Cl2N2O. The molecule has 2 saturated heterocycles. The minimum Gasteiger partial charge on any atom is -0.289 e. The fourth-order valence-electron chi connectivity index (χ4n) is 2.80. The number of hydrogen-bond donors (Lipinski definition) is 0. The monoisotopic (exact) mass is 264 g/mol. The van der Waals surface area contributed by atoms with Gasteiger partial charge in [0.25, 0.3) is 0 Å². The van der Waals surface area contributed by atoms with Crippen molar-refractivity contribution in [2.24, 2.45) is 0 Å². The van der Waals surface area contributed by atoms with Gasteiger partial charge in [0.2, 0.25) is 5.24 Å². The van der Waals surface area contributed by atoms with Crippen LogP contribution < -0.4 is 0 Å². The summed E-state index contributed by atoms with van der Waals surface area (Å²) in [4.78, 5) is 13.7. The third-order valence-corrected chi connectivity index (χ3v) is 4.28. The number of rotatable bonds is 2. The number of hydrogen-bond acceptors (Lipinski definition) is 3. The lowest BCUT2D eigenvalue weighted by Gasteiger charge is -2.42. The van der Waals surface area contributed by atoms with E-state index in [0.29, 0.717) is 6.04 Å². The Hall–Kier alpha value is 0.170. The van der Waals surface area contributed by atoms with Gasteiger partial charge in [-0.1, -0.05) is 6.42 Å². The first-order valence-electron chi connectivity index (χ1n) is 6.04. The van der Waals surface area contributed by atoms with Crippen molar-refractivity contribution in [3.63, 3.8) is 0 Å². The molecule has 0 aromatic heterocycles. The lowest BCUT2D eigenvalue weighted by atomic mass is 9.96. The van der Waals surface area contributed by atoms with Crippen LogP contribution in [0, 0.1) is 0 Å². The second kappa shape index (κ2) is 5.67. The summed E-state index contributed by atoms with van der Waals surface area (Å²) < 4.78 is 1.83. The molecule has 0 N–H and O–H groups in total. The van der Waals surface area contributed by atoms with Gasteiger partial charge in [-0.2, -0.15) is 0 Å². The van der Waals surface area contributed by atoms with E-state index < -0.39 is 0 Å².